The van der Waals surface area contributed by atoms with Crippen LogP contribution in [-0.4, -0.2) is 17.6 Å². The second kappa shape index (κ2) is 7.12. The van der Waals surface area contributed by atoms with Crippen LogP contribution >= 0.6 is 23.1 Å². The average Bonchev–Trinajstić information content (AvgIpc) is 2.89. The summed E-state index contributed by atoms with van der Waals surface area (Å²) in [6.45, 7) is 1.45. The van der Waals surface area contributed by atoms with E-state index in [0.717, 1.165) is 4.21 Å². The molecule has 2 aromatic rings. The summed E-state index contributed by atoms with van der Waals surface area (Å²) in [4.78, 5) is 22.8. The number of carbonyl (C=O) groups excluding carboxylic acids is 2. The van der Waals surface area contributed by atoms with Crippen LogP contribution in [0.2, 0.25) is 0 Å². The van der Waals surface area contributed by atoms with Gasteiger partial charge in [0.05, 0.1) is 9.96 Å². The normalized spacial score (nSPS) is 10.1. The third-order valence-electron chi connectivity index (χ3n) is 2.31. The quantitative estimate of drug-likeness (QED) is 0.832. The molecule has 0 saturated heterocycles. The lowest BCUT2D eigenvalue weighted by atomic mass is 10.2. The Morgan fingerprint density at radius 2 is 1.90 bits per heavy atom. The van der Waals surface area contributed by atoms with Crippen LogP contribution < -0.4 is 10.6 Å². The third kappa shape index (κ3) is 4.71. The Kier molecular flexibility index (Phi) is 5.20. The van der Waals surface area contributed by atoms with Crippen LogP contribution in [0, 0.1) is 0 Å². The third-order valence-corrected chi connectivity index (χ3v) is 4.44. The highest BCUT2D eigenvalue weighted by molar-refractivity contribution is 8.01. The van der Waals surface area contributed by atoms with Crippen LogP contribution in [0.5, 0.6) is 0 Å². The highest BCUT2D eigenvalue weighted by atomic mass is 32.2. The SMILES string of the molecule is CC(=O)Nc1cccc(NC(=O)CSc2cccs2)c1. The van der Waals surface area contributed by atoms with Crippen molar-refractivity contribution in [3.05, 3.63) is 41.8 Å². The Bertz CT molecular complexity index is 597. The first kappa shape index (κ1) is 14.6. The molecule has 1 heterocycles. The van der Waals surface area contributed by atoms with E-state index in [2.05, 4.69) is 10.6 Å². The van der Waals surface area contributed by atoms with Crippen LogP contribution in [-0.2, 0) is 9.59 Å². The lowest BCUT2D eigenvalue weighted by Crippen LogP contribution is -2.14. The van der Waals surface area contributed by atoms with Gasteiger partial charge in [0.1, 0.15) is 0 Å². The number of carbonyl (C=O) groups is 2. The first-order valence-corrected chi connectivity index (χ1v) is 7.84. The van der Waals surface area contributed by atoms with Crippen molar-refractivity contribution < 1.29 is 9.59 Å². The maximum absolute atomic E-state index is 11.8. The Labute approximate surface area is 125 Å². The second-order valence-corrected chi connectivity index (χ2v) is 6.25. The molecule has 0 bridgehead atoms. The van der Waals surface area contributed by atoms with Crippen molar-refractivity contribution in [2.24, 2.45) is 0 Å². The first-order valence-electron chi connectivity index (χ1n) is 5.97. The van der Waals surface area contributed by atoms with E-state index < -0.39 is 0 Å². The monoisotopic (exact) mass is 306 g/mol. The summed E-state index contributed by atoms with van der Waals surface area (Å²) in [7, 11) is 0. The number of benzene rings is 1. The number of nitrogens with one attached hydrogen (secondary N) is 2. The fourth-order valence-electron chi connectivity index (χ4n) is 1.56. The Morgan fingerprint density at radius 3 is 2.55 bits per heavy atom. The van der Waals surface area contributed by atoms with Gasteiger partial charge in [0, 0.05) is 18.3 Å². The summed E-state index contributed by atoms with van der Waals surface area (Å²) < 4.78 is 1.12. The Balaban J connectivity index is 1.88. The molecular weight excluding hydrogens is 292 g/mol. The first-order chi connectivity index (χ1) is 9.63. The predicted molar refractivity (Wildman–Crippen MR) is 84.4 cm³/mol. The molecule has 0 unspecified atom stereocenters. The van der Waals surface area contributed by atoms with E-state index in [1.807, 2.05) is 17.5 Å². The van der Waals surface area contributed by atoms with Gasteiger partial charge in [-0.3, -0.25) is 9.59 Å². The van der Waals surface area contributed by atoms with Crippen molar-refractivity contribution in [3.8, 4) is 0 Å². The topological polar surface area (TPSA) is 58.2 Å². The second-order valence-electron chi connectivity index (χ2n) is 4.03. The van der Waals surface area contributed by atoms with Gasteiger partial charge in [0.2, 0.25) is 11.8 Å². The number of rotatable bonds is 5. The fourth-order valence-corrected chi connectivity index (χ4v) is 3.14. The van der Waals surface area contributed by atoms with Gasteiger partial charge < -0.3 is 10.6 Å². The smallest absolute Gasteiger partial charge is 0.234 e. The maximum atomic E-state index is 11.8. The predicted octanol–water partition coefficient (Wildman–Crippen LogP) is 3.44. The number of thiophene rings is 1. The highest BCUT2D eigenvalue weighted by Crippen LogP contribution is 2.23. The van der Waals surface area contributed by atoms with Crippen molar-refractivity contribution >= 4 is 46.3 Å². The summed E-state index contributed by atoms with van der Waals surface area (Å²) in [6.07, 6.45) is 0. The largest absolute Gasteiger partial charge is 0.326 e. The number of amides is 2. The van der Waals surface area contributed by atoms with Gasteiger partial charge in [0.15, 0.2) is 0 Å². The molecule has 0 atom stereocenters. The van der Waals surface area contributed by atoms with Crippen LogP contribution in [0.15, 0.2) is 46.0 Å². The molecule has 6 heteroatoms. The van der Waals surface area contributed by atoms with Gasteiger partial charge in [-0.1, -0.05) is 12.1 Å². The van der Waals surface area contributed by atoms with Gasteiger partial charge >= 0.3 is 0 Å². The zero-order chi connectivity index (χ0) is 14.4. The molecule has 1 aromatic heterocycles. The molecule has 104 valence electrons. The summed E-state index contributed by atoms with van der Waals surface area (Å²) >= 11 is 3.12. The maximum Gasteiger partial charge on any atom is 0.234 e. The number of hydrogen-bond donors (Lipinski definition) is 2. The summed E-state index contributed by atoms with van der Waals surface area (Å²) in [5.74, 6) is 0.162. The molecule has 0 aliphatic heterocycles. The number of hydrogen-bond acceptors (Lipinski definition) is 4. The molecule has 0 aliphatic carbocycles. The minimum absolute atomic E-state index is 0.0663. The van der Waals surface area contributed by atoms with Crippen molar-refractivity contribution in [1.82, 2.24) is 0 Å². The van der Waals surface area contributed by atoms with Crippen molar-refractivity contribution in [2.75, 3.05) is 16.4 Å². The Hall–Kier alpha value is -1.79. The molecule has 4 nitrogen and oxygen atoms in total. The zero-order valence-corrected chi connectivity index (χ0v) is 12.5. The molecule has 2 amide bonds. The molecule has 2 rings (SSSR count). The number of thioether (sulfide) groups is 1. The van der Waals surface area contributed by atoms with Crippen LogP contribution in [0.4, 0.5) is 11.4 Å². The van der Waals surface area contributed by atoms with E-state index in [0.29, 0.717) is 17.1 Å². The van der Waals surface area contributed by atoms with E-state index in [9.17, 15) is 9.59 Å². The van der Waals surface area contributed by atoms with Gasteiger partial charge in [-0.25, -0.2) is 0 Å². The van der Waals surface area contributed by atoms with Gasteiger partial charge in [-0.05, 0) is 29.6 Å². The van der Waals surface area contributed by atoms with Crippen molar-refractivity contribution in [3.63, 3.8) is 0 Å². The molecule has 1 aromatic carbocycles. The van der Waals surface area contributed by atoms with Gasteiger partial charge in [-0.15, -0.1) is 23.1 Å². The Morgan fingerprint density at radius 1 is 1.15 bits per heavy atom. The molecule has 2 N–H and O–H groups in total. The summed E-state index contributed by atoms with van der Waals surface area (Å²) in [6, 6.07) is 11.0. The molecule has 0 spiro atoms. The number of anilines is 2. The van der Waals surface area contributed by atoms with E-state index in [1.165, 1.54) is 18.7 Å². The van der Waals surface area contributed by atoms with E-state index in [1.54, 1.807) is 35.6 Å². The van der Waals surface area contributed by atoms with E-state index >= 15 is 0 Å². The van der Waals surface area contributed by atoms with Crippen molar-refractivity contribution in [1.29, 1.82) is 0 Å². The highest BCUT2D eigenvalue weighted by Gasteiger charge is 2.05. The fraction of sp³-hybridized carbons (Fsp3) is 0.143. The van der Waals surface area contributed by atoms with Crippen molar-refractivity contribution in [2.45, 2.75) is 11.1 Å². The van der Waals surface area contributed by atoms with Crippen LogP contribution in [0.3, 0.4) is 0 Å². The summed E-state index contributed by atoms with van der Waals surface area (Å²) in [5, 5.41) is 7.47. The zero-order valence-electron chi connectivity index (χ0n) is 10.9. The lowest BCUT2D eigenvalue weighted by molar-refractivity contribution is -0.114. The molecular formula is C14H14N2O2S2. The van der Waals surface area contributed by atoms with Crippen LogP contribution in [0.1, 0.15) is 6.92 Å². The minimum Gasteiger partial charge on any atom is -0.326 e. The molecule has 0 fully saturated rings. The van der Waals surface area contributed by atoms with E-state index in [-0.39, 0.29) is 11.8 Å². The molecule has 0 aliphatic rings. The minimum atomic E-state index is -0.137. The van der Waals surface area contributed by atoms with Crippen LogP contribution in [0.25, 0.3) is 0 Å². The van der Waals surface area contributed by atoms with Gasteiger partial charge in [-0.2, -0.15) is 0 Å². The molecule has 0 radical (unpaired) electrons. The lowest BCUT2D eigenvalue weighted by Gasteiger charge is -2.07. The summed E-state index contributed by atoms with van der Waals surface area (Å²) in [5.41, 5.74) is 1.34. The molecule has 20 heavy (non-hydrogen) atoms. The average molecular weight is 306 g/mol. The van der Waals surface area contributed by atoms with Gasteiger partial charge in [0.25, 0.3) is 0 Å². The van der Waals surface area contributed by atoms with E-state index in [4.69, 9.17) is 0 Å². The standard InChI is InChI=1S/C14H14N2O2S2/c1-10(17)15-11-4-2-5-12(8-11)16-13(18)9-20-14-6-3-7-19-14/h2-8H,9H2,1H3,(H,15,17)(H,16,18). The molecule has 0 saturated carbocycles.